The van der Waals surface area contributed by atoms with E-state index in [1.54, 1.807) is 36.4 Å². The Hall–Kier alpha value is -4.07. The van der Waals surface area contributed by atoms with Gasteiger partial charge in [-0.25, -0.2) is 14.9 Å². The molecule has 4 rings (SSSR count). The second kappa shape index (κ2) is 7.51. The molecule has 1 aromatic heterocycles. The number of rotatable bonds is 5. The monoisotopic (exact) mass is 388 g/mol. The number of hydrogen-bond donors (Lipinski definition) is 1. The largest absolute Gasteiger partial charge is 0.494 e. The van der Waals surface area contributed by atoms with E-state index in [4.69, 9.17) is 4.74 Å². The Morgan fingerprint density at radius 2 is 1.52 bits per heavy atom. The molecule has 0 atom stereocenters. The number of hydrogen-bond acceptors (Lipinski definition) is 6. The first-order valence-corrected chi connectivity index (χ1v) is 8.92. The number of aromatic nitrogens is 2. The first kappa shape index (κ1) is 18.3. The van der Waals surface area contributed by atoms with Crippen molar-refractivity contribution < 1.29 is 19.1 Å². The third-order valence-electron chi connectivity index (χ3n) is 4.32. The van der Waals surface area contributed by atoms with E-state index in [-0.39, 0.29) is 17.3 Å². The number of ether oxygens (including phenoxy) is 1. The van der Waals surface area contributed by atoms with Crippen molar-refractivity contribution >= 4 is 29.1 Å². The van der Waals surface area contributed by atoms with Gasteiger partial charge in [0, 0.05) is 23.6 Å². The average molecular weight is 388 g/mol. The normalized spacial score (nSPS) is 12.7. The molecule has 0 saturated carbocycles. The molecule has 3 aromatic rings. The molecule has 3 amide bonds. The van der Waals surface area contributed by atoms with Gasteiger partial charge in [0.1, 0.15) is 5.75 Å². The molecule has 1 aliphatic heterocycles. The molecule has 0 fully saturated rings. The Morgan fingerprint density at radius 1 is 0.931 bits per heavy atom. The van der Waals surface area contributed by atoms with Crippen LogP contribution in [0.4, 0.5) is 11.4 Å². The lowest BCUT2D eigenvalue weighted by Gasteiger charge is -2.13. The van der Waals surface area contributed by atoms with Gasteiger partial charge in [-0.2, -0.15) is 0 Å². The highest BCUT2D eigenvalue weighted by atomic mass is 16.5. The van der Waals surface area contributed by atoms with Crippen LogP contribution in [-0.4, -0.2) is 34.3 Å². The smallest absolute Gasteiger partial charge is 0.286 e. The average Bonchev–Trinajstić information content (AvgIpc) is 3.00. The summed E-state index contributed by atoms with van der Waals surface area (Å²) in [6.07, 6.45) is 2.73. The van der Waals surface area contributed by atoms with E-state index < -0.39 is 11.8 Å². The molecule has 8 heteroatoms. The number of fused-ring (bicyclic) bond motifs is 1. The van der Waals surface area contributed by atoms with Crippen LogP contribution in [0.5, 0.6) is 5.75 Å². The summed E-state index contributed by atoms with van der Waals surface area (Å²) in [6.45, 7) is 2.46. The van der Waals surface area contributed by atoms with E-state index in [1.807, 2.05) is 6.92 Å². The summed E-state index contributed by atoms with van der Waals surface area (Å²) in [5.41, 5.74) is 1.40. The highest BCUT2D eigenvalue weighted by Gasteiger charge is 2.39. The van der Waals surface area contributed by atoms with Gasteiger partial charge >= 0.3 is 0 Å². The summed E-state index contributed by atoms with van der Waals surface area (Å²) in [5, 5.41) is 2.79. The second-order valence-electron chi connectivity index (χ2n) is 6.16. The van der Waals surface area contributed by atoms with Gasteiger partial charge in [-0.15, -0.1) is 0 Å². The van der Waals surface area contributed by atoms with Gasteiger partial charge in [0.2, 0.25) is 0 Å². The Labute approximate surface area is 166 Å². The van der Waals surface area contributed by atoms with Crippen LogP contribution in [0.3, 0.4) is 0 Å². The zero-order valence-electron chi connectivity index (χ0n) is 15.5. The molecule has 0 bridgehead atoms. The fourth-order valence-corrected chi connectivity index (χ4v) is 2.96. The van der Waals surface area contributed by atoms with E-state index in [2.05, 4.69) is 15.3 Å². The Kier molecular flexibility index (Phi) is 4.74. The van der Waals surface area contributed by atoms with Crippen LogP contribution in [0.2, 0.25) is 0 Å². The number of anilines is 2. The maximum absolute atomic E-state index is 12.5. The number of imide groups is 1. The maximum atomic E-state index is 12.5. The fourth-order valence-electron chi connectivity index (χ4n) is 2.96. The van der Waals surface area contributed by atoms with Crippen molar-refractivity contribution in [2.75, 3.05) is 16.8 Å². The minimum absolute atomic E-state index is 0.0230. The lowest BCUT2D eigenvalue weighted by atomic mass is 10.1. The van der Waals surface area contributed by atoms with E-state index in [0.29, 0.717) is 23.5 Å². The predicted octanol–water partition coefficient (Wildman–Crippen LogP) is 2.93. The van der Waals surface area contributed by atoms with Crippen molar-refractivity contribution in [3.05, 3.63) is 77.9 Å². The summed E-state index contributed by atoms with van der Waals surface area (Å²) in [4.78, 5) is 46.2. The summed E-state index contributed by atoms with van der Waals surface area (Å²) >= 11 is 0. The fraction of sp³-hybridized carbons (Fsp3) is 0.0952. The maximum Gasteiger partial charge on any atom is 0.286 e. The van der Waals surface area contributed by atoms with Crippen LogP contribution in [0.25, 0.3) is 0 Å². The molecule has 8 nitrogen and oxygen atoms in total. The molecule has 0 aliphatic carbocycles. The Morgan fingerprint density at radius 3 is 2.07 bits per heavy atom. The zero-order valence-corrected chi connectivity index (χ0v) is 15.5. The summed E-state index contributed by atoms with van der Waals surface area (Å²) in [5.74, 6) is -0.666. The van der Waals surface area contributed by atoms with Crippen molar-refractivity contribution in [2.24, 2.45) is 0 Å². The zero-order chi connectivity index (χ0) is 20.4. The number of amides is 3. The van der Waals surface area contributed by atoms with E-state index >= 15 is 0 Å². The lowest BCUT2D eigenvalue weighted by Crippen LogP contribution is -2.29. The molecule has 0 saturated heterocycles. The lowest BCUT2D eigenvalue weighted by molar-refractivity contribution is 0.0922. The van der Waals surface area contributed by atoms with E-state index in [0.717, 1.165) is 10.6 Å². The molecular formula is C21H16N4O4. The highest BCUT2D eigenvalue weighted by molar-refractivity contribution is 6.33. The Balaban J connectivity index is 1.49. The number of carbonyl (C=O) groups excluding carboxylic acids is 3. The molecule has 1 aliphatic rings. The van der Waals surface area contributed by atoms with Crippen LogP contribution < -0.4 is 15.0 Å². The van der Waals surface area contributed by atoms with Gasteiger partial charge in [0.15, 0.2) is 11.4 Å². The van der Waals surface area contributed by atoms with Crippen LogP contribution in [0.15, 0.2) is 60.9 Å². The number of carbonyl (C=O) groups is 3. The number of nitrogens with zero attached hydrogens (tertiary/aromatic N) is 3. The molecule has 0 spiro atoms. The van der Waals surface area contributed by atoms with Gasteiger partial charge in [-0.05, 0) is 55.5 Å². The predicted molar refractivity (Wildman–Crippen MR) is 105 cm³/mol. The van der Waals surface area contributed by atoms with Crippen molar-refractivity contribution in [2.45, 2.75) is 6.92 Å². The van der Waals surface area contributed by atoms with Gasteiger partial charge in [-0.1, -0.05) is 0 Å². The summed E-state index contributed by atoms with van der Waals surface area (Å²) < 4.78 is 5.37. The molecule has 2 aromatic carbocycles. The van der Waals surface area contributed by atoms with Crippen LogP contribution >= 0.6 is 0 Å². The SMILES string of the molecule is CCOc1ccc(NC(=O)c2ccc(N3C(=O)c4nccnc4C3=O)cc2)cc1. The first-order chi connectivity index (χ1) is 14.1. The number of nitrogens with one attached hydrogen (secondary N) is 1. The van der Waals surface area contributed by atoms with Gasteiger partial charge < -0.3 is 10.1 Å². The topological polar surface area (TPSA) is 101 Å². The second-order valence-corrected chi connectivity index (χ2v) is 6.16. The van der Waals surface area contributed by atoms with Crippen LogP contribution in [-0.2, 0) is 0 Å². The quantitative estimate of drug-likeness (QED) is 0.675. The number of benzene rings is 2. The molecule has 0 radical (unpaired) electrons. The van der Waals surface area contributed by atoms with Crippen molar-refractivity contribution in [1.82, 2.24) is 9.97 Å². The van der Waals surface area contributed by atoms with Gasteiger partial charge in [-0.3, -0.25) is 14.4 Å². The molecule has 29 heavy (non-hydrogen) atoms. The third kappa shape index (κ3) is 3.43. The highest BCUT2D eigenvalue weighted by Crippen LogP contribution is 2.26. The molecule has 2 heterocycles. The van der Waals surface area contributed by atoms with Crippen molar-refractivity contribution in [3.8, 4) is 5.75 Å². The van der Waals surface area contributed by atoms with Crippen LogP contribution in [0, 0.1) is 0 Å². The molecular weight excluding hydrogens is 372 g/mol. The van der Waals surface area contributed by atoms with E-state index in [1.165, 1.54) is 24.5 Å². The van der Waals surface area contributed by atoms with Crippen LogP contribution in [0.1, 0.15) is 38.3 Å². The van der Waals surface area contributed by atoms with E-state index in [9.17, 15) is 14.4 Å². The minimum atomic E-state index is -0.537. The first-order valence-electron chi connectivity index (χ1n) is 8.92. The standard InChI is InChI=1S/C21H16N4O4/c1-2-29-16-9-5-14(6-10-16)24-19(26)13-3-7-15(8-4-13)25-20(27)17-18(21(25)28)23-12-11-22-17/h3-12H,2H2,1H3,(H,24,26). The van der Waals surface area contributed by atoms with Crippen molar-refractivity contribution in [3.63, 3.8) is 0 Å². The van der Waals surface area contributed by atoms with Gasteiger partial charge in [0.25, 0.3) is 17.7 Å². The minimum Gasteiger partial charge on any atom is -0.494 e. The molecule has 144 valence electrons. The van der Waals surface area contributed by atoms with Gasteiger partial charge in [0.05, 0.1) is 12.3 Å². The molecule has 0 unspecified atom stereocenters. The summed E-state index contributed by atoms with van der Waals surface area (Å²) in [7, 11) is 0. The third-order valence-corrected chi connectivity index (χ3v) is 4.32. The summed E-state index contributed by atoms with van der Waals surface area (Å²) in [6, 6.07) is 13.2. The molecule has 1 N–H and O–H groups in total. The van der Waals surface area contributed by atoms with Crippen molar-refractivity contribution in [1.29, 1.82) is 0 Å². The Bertz CT molecular complexity index is 1060.